The Bertz CT molecular complexity index is 1110. The van der Waals surface area contributed by atoms with Crippen molar-refractivity contribution in [3.63, 3.8) is 0 Å². The van der Waals surface area contributed by atoms with Gasteiger partial charge in [-0.1, -0.05) is 35.9 Å². The highest BCUT2D eigenvalue weighted by Crippen LogP contribution is 2.49. The zero-order valence-corrected chi connectivity index (χ0v) is 18.1. The summed E-state index contributed by atoms with van der Waals surface area (Å²) in [6, 6.07) is 14.4. The summed E-state index contributed by atoms with van der Waals surface area (Å²) in [5.41, 5.74) is 2.29. The zero-order valence-electron chi connectivity index (χ0n) is 18.1. The van der Waals surface area contributed by atoms with Gasteiger partial charge in [-0.05, 0) is 43.5 Å². The van der Waals surface area contributed by atoms with Crippen molar-refractivity contribution in [2.24, 2.45) is 5.41 Å². The molecule has 0 radical (unpaired) electrons. The lowest BCUT2D eigenvalue weighted by molar-refractivity contribution is -0.130. The van der Waals surface area contributed by atoms with Crippen LogP contribution in [0.2, 0.25) is 0 Å². The Hall–Kier alpha value is -3.06. The fourth-order valence-electron chi connectivity index (χ4n) is 4.89. The molecule has 2 saturated heterocycles. The van der Waals surface area contributed by atoms with Crippen LogP contribution in [0, 0.1) is 18.2 Å². The molecule has 166 valence electrons. The number of benzene rings is 2. The van der Waals surface area contributed by atoms with Gasteiger partial charge in [-0.15, -0.1) is 10.2 Å². The smallest absolute Gasteiger partial charge is 0.247 e. The molecule has 5 rings (SSSR count). The second-order valence-corrected chi connectivity index (χ2v) is 8.88. The summed E-state index contributed by atoms with van der Waals surface area (Å²) in [6.07, 6.45) is 1.69. The number of aryl methyl sites for hydroxylation is 1. The molecule has 1 amide bonds. The third-order valence-electron chi connectivity index (χ3n) is 6.83. The quantitative estimate of drug-likeness (QED) is 0.616. The summed E-state index contributed by atoms with van der Waals surface area (Å²) >= 11 is 0. The van der Waals surface area contributed by atoms with Crippen LogP contribution in [0.5, 0.6) is 0 Å². The van der Waals surface area contributed by atoms with E-state index < -0.39 is 0 Å². The number of carbonyl (C=O) groups is 1. The van der Waals surface area contributed by atoms with Crippen molar-refractivity contribution in [2.45, 2.75) is 32.1 Å². The molecule has 1 aromatic heterocycles. The molecule has 1 spiro atoms. The number of hydrogen-bond acceptors (Lipinski definition) is 5. The summed E-state index contributed by atoms with van der Waals surface area (Å²) < 4.78 is 25.8. The highest BCUT2D eigenvalue weighted by molar-refractivity contribution is 5.79. The van der Waals surface area contributed by atoms with Crippen LogP contribution in [-0.2, 0) is 16.0 Å². The van der Waals surface area contributed by atoms with E-state index in [1.54, 1.807) is 18.2 Å². The summed E-state index contributed by atoms with van der Waals surface area (Å²) in [5.74, 6) is 0.545. The highest BCUT2D eigenvalue weighted by Gasteiger charge is 2.51. The molecule has 3 aromatic rings. The predicted molar refractivity (Wildman–Crippen MR) is 116 cm³/mol. The first-order valence-electron chi connectivity index (χ1n) is 11.0. The fraction of sp³-hybridized carbons (Fsp3) is 0.400. The van der Waals surface area contributed by atoms with Crippen LogP contribution >= 0.6 is 0 Å². The van der Waals surface area contributed by atoms with Gasteiger partial charge >= 0.3 is 0 Å². The van der Waals surface area contributed by atoms with Crippen LogP contribution in [0.15, 0.2) is 52.9 Å². The molecule has 1 unspecified atom stereocenters. The van der Waals surface area contributed by atoms with E-state index in [1.807, 2.05) is 36.1 Å². The second-order valence-electron chi connectivity index (χ2n) is 8.88. The number of nitrogens with zero attached hydrogens (tertiary/aromatic N) is 3. The maximum atomic E-state index is 14.1. The standard InChI is InChI=1S/C25H26FN3O3/c1-17-6-8-18(9-7-17)23-27-28-24(32-23)20-15-29(16-25(20)10-12-31-13-11-25)22(30)14-19-4-2-3-5-21(19)26/h2-9,20H,10-16H2,1H3. The van der Waals surface area contributed by atoms with Crippen LogP contribution in [0.25, 0.3) is 11.5 Å². The first kappa shape index (κ1) is 20.8. The van der Waals surface area contributed by atoms with E-state index in [0.29, 0.717) is 43.6 Å². The Labute approximate surface area is 186 Å². The zero-order chi connectivity index (χ0) is 22.1. The minimum Gasteiger partial charge on any atom is -0.420 e. The van der Waals surface area contributed by atoms with E-state index in [9.17, 15) is 9.18 Å². The third kappa shape index (κ3) is 3.93. The van der Waals surface area contributed by atoms with Gasteiger partial charge < -0.3 is 14.1 Å². The largest absolute Gasteiger partial charge is 0.420 e. The third-order valence-corrected chi connectivity index (χ3v) is 6.83. The van der Waals surface area contributed by atoms with Crippen molar-refractivity contribution in [3.05, 3.63) is 71.4 Å². The van der Waals surface area contributed by atoms with Crippen LogP contribution in [-0.4, -0.2) is 47.3 Å². The van der Waals surface area contributed by atoms with Crippen LogP contribution < -0.4 is 0 Å². The minimum atomic E-state index is -0.350. The van der Waals surface area contributed by atoms with Gasteiger partial charge in [0.2, 0.25) is 17.7 Å². The monoisotopic (exact) mass is 435 g/mol. The summed E-state index contributed by atoms with van der Waals surface area (Å²) in [6.45, 7) is 4.40. The second kappa shape index (κ2) is 8.47. The number of likely N-dealkylation sites (tertiary alicyclic amines) is 1. The van der Waals surface area contributed by atoms with E-state index >= 15 is 0 Å². The van der Waals surface area contributed by atoms with Gasteiger partial charge in [-0.2, -0.15) is 0 Å². The summed E-state index contributed by atoms with van der Waals surface area (Å²) in [4.78, 5) is 14.9. The molecule has 32 heavy (non-hydrogen) atoms. The topological polar surface area (TPSA) is 68.5 Å². The molecule has 0 saturated carbocycles. The van der Waals surface area contributed by atoms with Gasteiger partial charge in [0.1, 0.15) is 5.82 Å². The molecule has 0 bridgehead atoms. The lowest BCUT2D eigenvalue weighted by Crippen LogP contribution is -2.37. The molecule has 2 fully saturated rings. The lowest BCUT2D eigenvalue weighted by Gasteiger charge is -2.36. The Morgan fingerprint density at radius 1 is 1.12 bits per heavy atom. The average molecular weight is 435 g/mol. The van der Waals surface area contributed by atoms with E-state index in [-0.39, 0.29) is 29.5 Å². The van der Waals surface area contributed by atoms with E-state index in [4.69, 9.17) is 9.15 Å². The molecule has 2 aliphatic heterocycles. The van der Waals surface area contributed by atoms with Crippen LogP contribution in [0.3, 0.4) is 0 Å². The summed E-state index contributed by atoms with van der Waals surface area (Å²) in [5, 5.41) is 8.67. The molecule has 2 aromatic carbocycles. The van der Waals surface area contributed by atoms with Gasteiger partial charge in [0.25, 0.3) is 0 Å². The Balaban J connectivity index is 1.40. The molecule has 6 nitrogen and oxygen atoms in total. The van der Waals surface area contributed by atoms with Crippen molar-refractivity contribution in [3.8, 4) is 11.5 Å². The van der Waals surface area contributed by atoms with Gasteiger partial charge in [-0.25, -0.2) is 4.39 Å². The van der Waals surface area contributed by atoms with Crippen molar-refractivity contribution in [1.29, 1.82) is 0 Å². The van der Waals surface area contributed by atoms with E-state index in [1.165, 1.54) is 6.07 Å². The maximum absolute atomic E-state index is 14.1. The fourth-order valence-corrected chi connectivity index (χ4v) is 4.89. The lowest BCUT2D eigenvalue weighted by atomic mass is 9.72. The molecule has 1 atom stereocenters. The van der Waals surface area contributed by atoms with Crippen molar-refractivity contribution >= 4 is 5.91 Å². The molecule has 2 aliphatic rings. The normalized spacial score (nSPS) is 20.1. The van der Waals surface area contributed by atoms with Crippen LogP contribution in [0.1, 0.15) is 35.8 Å². The molecule has 3 heterocycles. The average Bonchev–Trinajstić information content (AvgIpc) is 3.42. The van der Waals surface area contributed by atoms with E-state index in [0.717, 1.165) is 24.0 Å². The van der Waals surface area contributed by atoms with E-state index in [2.05, 4.69) is 10.2 Å². The number of carbonyl (C=O) groups excluding carboxylic acids is 1. The molecule has 0 aliphatic carbocycles. The van der Waals surface area contributed by atoms with Gasteiger partial charge in [-0.3, -0.25) is 4.79 Å². The number of aromatic nitrogens is 2. The number of ether oxygens (including phenoxy) is 1. The highest BCUT2D eigenvalue weighted by atomic mass is 19.1. The van der Waals surface area contributed by atoms with Crippen molar-refractivity contribution < 1.29 is 18.3 Å². The van der Waals surface area contributed by atoms with Gasteiger partial charge in [0, 0.05) is 37.3 Å². The number of hydrogen-bond donors (Lipinski definition) is 0. The SMILES string of the molecule is Cc1ccc(-c2nnc(C3CN(C(=O)Cc4ccccc4F)CC34CCOCC4)o2)cc1. The molecular formula is C25H26FN3O3. The predicted octanol–water partition coefficient (Wildman–Crippen LogP) is 4.15. The Kier molecular flexibility index (Phi) is 5.51. The molecule has 0 N–H and O–H groups in total. The van der Waals surface area contributed by atoms with Gasteiger partial charge in [0.15, 0.2) is 0 Å². The van der Waals surface area contributed by atoms with Crippen molar-refractivity contribution in [2.75, 3.05) is 26.3 Å². The number of amides is 1. The summed E-state index contributed by atoms with van der Waals surface area (Å²) in [7, 11) is 0. The Morgan fingerprint density at radius 2 is 1.88 bits per heavy atom. The van der Waals surface area contributed by atoms with Crippen molar-refractivity contribution in [1.82, 2.24) is 15.1 Å². The maximum Gasteiger partial charge on any atom is 0.247 e. The minimum absolute atomic E-state index is 0.0461. The molecule has 7 heteroatoms. The first-order valence-corrected chi connectivity index (χ1v) is 11.0. The molecular weight excluding hydrogens is 409 g/mol. The van der Waals surface area contributed by atoms with Crippen LogP contribution in [0.4, 0.5) is 4.39 Å². The van der Waals surface area contributed by atoms with Gasteiger partial charge in [0.05, 0.1) is 12.3 Å². The number of halogens is 1. The first-order chi connectivity index (χ1) is 15.5. The number of rotatable bonds is 4. The Morgan fingerprint density at radius 3 is 2.62 bits per heavy atom.